The number of fused-ring (bicyclic) bond motifs is 1. The summed E-state index contributed by atoms with van der Waals surface area (Å²) in [6.45, 7) is 3.22. The number of nitrogens with one attached hydrogen (secondary N) is 1. The summed E-state index contributed by atoms with van der Waals surface area (Å²) in [5.41, 5.74) is -4.47. The van der Waals surface area contributed by atoms with Crippen molar-refractivity contribution >= 4 is 11.0 Å². The number of hydrogen-bond acceptors (Lipinski definition) is 4. The molecule has 39 heavy (non-hydrogen) atoms. The smallest absolute Gasteiger partial charge is 0.353 e. The summed E-state index contributed by atoms with van der Waals surface area (Å²) in [7, 11) is 0. The molecule has 0 unspecified atom stereocenters. The molecular formula is C25H16F8N5O+. The largest absolute Gasteiger partial charge is 0.417 e. The Morgan fingerprint density at radius 1 is 0.897 bits per heavy atom. The SMILES string of the molecule is CC(C)(c1cc(-c2ccc(C(F)(F)F)cc2C(F)(F)F)no1)[n+]1cc2[nH]c(-c3cccc(F)c3F)nc2cn1. The molecule has 3 aromatic heterocycles. The van der Waals surface area contributed by atoms with Crippen molar-refractivity contribution in [1.29, 1.82) is 0 Å². The Bertz CT molecular complexity index is 1700. The lowest BCUT2D eigenvalue weighted by Crippen LogP contribution is -2.55. The van der Waals surface area contributed by atoms with E-state index in [0.717, 1.165) is 6.07 Å². The predicted molar refractivity (Wildman–Crippen MR) is 120 cm³/mol. The molecule has 0 atom stereocenters. The van der Waals surface area contributed by atoms with Gasteiger partial charge in [0.2, 0.25) is 17.5 Å². The zero-order valence-corrected chi connectivity index (χ0v) is 19.9. The quantitative estimate of drug-likeness (QED) is 0.199. The molecule has 0 saturated heterocycles. The second-order valence-electron chi connectivity index (χ2n) is 9.10. The van der Waals surface area contributed by atoms with Gasteiger partial charge < -0.3 is 9.51 Å². The van der Waals surface area contributed by atoms with Gasteiger partial charge in [-0.2, -0.15) is 26.3 Å². The van der Waals surface area contributed by atoms with Crippen molar-refractivity contribution in [3.63, 3.8) is 0 Å². The number of alkyl halides is 6. The summed E-state index contributed by atoms with van der Waals surface area (Å²) in [5.74, 6) is -2.06. The molecule has 2 aromatic carbocycles. The lowest BCUT2D eigenvalue weighted by atomic mass is 9.97. The van der Waals surface area contributed by atoms with Crippen LogP contribution in [0.2, 0.25) is 0 Å². The van der Waals surface area contributed by atoms with E-state index >= 15 is 0 Å². The van der Waals surface area contributed by atoms with Crippen molar-refractivity contribution in [3.8, 4) is 22.6 Å². The standard InChI is InChI=1S/C25H15F8N5O/c1-23(2,38-11-19-18(10-34-38)35-22(36-19)14-4-3-5-16(26)21(14)27)20-9-17(37-39-20)13-7-6-12(24(28,29)30)8-15(13)25(31,32)33/h3-11H,1-2H3/p+1. The Morgan fingerprint density at radius 3 is 2.33 bits per heavy atom. The molecular weight excluding hydrogens is 538 g/mol. The number of aromatic amines is 1. The first-order valence-electron chi connectivity index (χ1n) is 11.1. The third-order valence-corrected chi connectivity index (χ3v) is 6.14. The Hall–Kier alpha value is -4.36. The minimum Gasteiger partial charge on any atom is -0.353 e. The monoisotopic (exact) mass is 554 g/mol. The summed E-state index contributed by atoms with van der Waals surface area (Å²) in [6.07, 6.45) is -7.25. The van der Waals surface area contributed by atoms with E-state index in [9.17, 15) is 35.1 Å². The van der Waals surface area contributed by atoms with Crippen LogP contribution < -0.4 is 4.68 Å². The van der Waals surface area contributed by atoms with Crippen molar-refractivity contribution < 1.29 is 44.3 Å². The normalized spacial score (nSPS) is 12.9. The highest BCUT2D eigenvalue weighted by atomic mass is 19.4. The number of aromatic nitrogens is 5. The highest BCUT2D eigenvalue weighted by molar-refractivity contribution is 5.77. The maximum atomic E-state index is 14.2. The van der Waals surface area contributed by atoms with E-state index in [1.54, 1.807) is 13.8 Å². The van der Waals surface area contributed by atoms with E-state index in [1.807, 2.05) is 0 Å². The van der Waals surface area contributed by atoms with Gasteiger partial charge in [0.05, 0.1) is 16.7 Å². The lowest BCUT2D eigenvalue weighted by Gasteiger charge is -2.14. The van der Waals surface area contributed by atoms with Crippen LogP contribution in [0.5, 0.6) is 0 Å². The van der Waals surface area contributed by atoms with Crippen molar-refractivity contribution in [2.75, 3.05) is 0 Å². The van der Waals surface area contributed by atoms with Gasteiger partial charge in [0, 0.05) is 25.5 Å². The summed E-state index contributed by atoms with van der Waals surface area (Å²) in [6, 6.07) is 6.06. The fraction of sp³-hybridized carbons (Fsp3) is 0.200. The van der Waals surface area contributed by atoms with Crippen LogP contribution in [0.15, 0.2) is 59.4 Å². The first kappa shape index (κ1) is 26.3. The topological polar surface area (TPSA) is 71.5 Å². The fourth-order valence-corrected chi connectivity index (χ4v) is 3.97. The van der Waals surface area contributed by atoms with Crippen LogP contribution in [0.3, 0.4) is 0 Å². The van der Waals surface area contributed by atoms with Gasteiger partial charge in [-0.05, 0) is 29.4 Å². The molecule has 0 spiro atoms. The molecule has 202 valence electrons. The average molecular weight is 554 g/mol. The maximum absolute atomic E-state index is 14.2. The van der Waals surface area contributed by atoms with Gasteiger partial charge in [-0.1, -0.05) is 22.0 Å². The second kappa shape index (κ2) is 8.85. The zero-order chi connectivity index (χ0) is 28.3. The van der Waals surface area contributed by atoms with Crippen molar-refractivity contribution in [1.82, 2.24) is 20.2 Å². The van der Waals surface area contributed by atoms with Gasteiger partial charge in [0.15, 0.2) is 11.6 Å². The summed E-state index contributed by atoms with van der Waals surface area (Å²) < 4.78 is 115. The third kappa shape index (κ3) is 4.70. The Balaban J connectivity index is 1.52. The molecule has 3 heterocycles. The maximum Gasteiger partial charge on any atom is 0.417 e. The van der Waals surface area contributed by atoms with Crippen LogP contribution in [0.25, 0.3) is 33.7 Å². The van der Waals surface area contributed by atoms with Crippen LogP contribution in [-0.4, -0.2) is 20.2 Å². The van der Waals surface area contributed by atoms with Crippen molar-refractivity contribution in [2.45, 2.75) is 31.7 Å². The summed E-state index contributed by atoms with van der Waals surface area (Å²) >= 11 is 0. The molecule has 0 aliphatic rings. The van der Waals surface area contributed by atoms with Gasteiger partial charge in [-0.3, -0.25) is 0 Å². The van der Waals surface area contributed by atoms with Crippen molar-refractivity contribution in [3.05, 3.63) is 83.4 Å². The molecule has 0 aliphatic carbocycles. The molecule has 0 radical (unpaired) electrons. The van der Waals surface area contributed by atoms with Crippen LogP contribution in [0, 0.1) is 11.6 Å². The minimum absolute atomic E-state index is 0.0241. The number of nitrogens with zero attached hydrogens (tertiary/aromatic N) is 4. The van der Waals surface area contributed by atoms with Crippen LogP contribution in [-0.2, 0) is 17.9 Å². The molecule has 14 heteroatoms. The summed E-state index contributed by atoms with van der Waals surface area (Å²) in [4.78, 5) is 7.10. The predicted octanol–water partition coefficient (Wildman–Crippen LogP) is 6.67. The molecule has 1 N–H and O–H groups in total. The molecule has 0 amide bonds. The molecule has 5 aromatic rings. The van der Waals surface area contributed by atoms with Gasteiger partial charge in [0.25, 0.3) is 0 Å². The van der Waals surface area contributed by atoms with E-state index in [-0.39, 0.29) is 28.9 Å². The highest BCUT2D eigenvalue weighted by Crippen LogP contribution is 2.41. The zero-order valence-electron chi connectivity index (χ0n) is 19.9. The lowest BCUT2D eigenvalue weighted by molar-refractivity contribution is -0.800. The van der Waals surface area contributed by atoms with Gasteiger partial charge in [0.1, 0.15) is 28.7 Å². The van der Waals surface area contributed by atoms with Gasteiger partial charge in [-0.25, -0.2) is 13.8 Å². The van der Waals surface area contributed by atoms with Crippen molar-refractivity contribution in [2.24, 2.45) is 0 Å². The number of hydrogen-bond donors (Lipinski definition) is 1. The molecule has 0 bridgehead atoms. The molecule has 0 fully saturated rings. The van der Waals surface area contributed by atoms with E-state index in [0.29, 0.717) is 23.2 Å². The van der Waals surface area contributed by atoms with E-state index in [1.165, 1.54) is 35.3 Å². The Labute approximate surface area is 213 Å². The average Bonchev–Trinajstić information content (AvgIpc) is 3.52. The molecule has 5 rings (SSSR count). The fourth-order valence-electron chi connectivity index (χ4n) is 3.97. The molecule has 0 aliphatic heterocycles. The second-order valence-corrected chi connectivity index (χ2v) is 9.10. The Kier molecular flexibility index (Phi) is 5.96. The summed E-state index contributed by atoms with van der Waals surface area (Å²) in [5, 5.41) is 7.93. The van der Waals surface area contributed by atoms with E-state index in [2.05, 4.69) is 20.2 Å². The first-order valence-corrected chi connectivity index (χ1v) is 11.1. The van der Waals surface area contributed by atoms with Gasteiger partial charge >= 0.3 is 12.4 Å². The van der Waals surface area contributed by atoms with E-state index in [4.69, 9.17) is 4.52 Å². The number of rotatable bonds is 4. The van der Waals surface area contributed by atoms with Gasteiger partial charge in [-0.15, -0.1) is 0 Å². The highest BCUT2D eigenvalue weighted by Gasteiger charge is 2.41. The molecule has 6 nitrogen and oxygen atoms in total. The number of halogens is 8. The minimum atomic E-state index is -5.09. The van der Waals surface area contributed by atoms with E-state index < -0.39 is 46.2 Å². The Morgan fingerprint density at radius 2 is 1.64 bits per heavy atom. The third-order valence-electron chi connectivity index (χ3n) is 6.14. The first-order chi connectivity index (χ1) is 18.2. The van der Waals surface area contributed by atoms with Crippen LogP contribution >= 0.6 is 0 Å². The number of imidazole rings is 1. The number of H-pyrrole nitrogens is 1. The number of benzene rings is 2. The van der Waals surface area contributed by atoms with Crippen LogP contribution in [0.1, 0.15) is 30.7 Å². The molecule has 0 saturated carbocycles. The van der Waals surface area contributed by atoms with Crippen LogP contribution in [0.4, 0.5) is 35.1 Å².